The summed E-state index contributed by atoms with van der Waals surface area (Å²) < 4.78 is 0. The number of amides is 2. The Labute approximate surface area is 164 Å². The second-order valence-corrected chi connectivity index (χ2v) is 5.56. The lowest BCUT2D eigenvalue weighted by Gasteiger charge is -2.18. The normalized spacial score (nSPS) is 10.1. The Morgan fingerprint density at radius 2 is 1.64 bits per heavy atom. The molecule has 0 bridgehead atoms. The Bertz CT molecular complexity index is 833. The van der Waals surface area contributed by atoms with Gasteiger partial charge in [0, 0.05) is 17.8 Å². The third-order valence-corrected chi connectivity index (χ3v) is 3.56. The van der Waals surface area contributed by atoms with E-state index in [1.54, 1.807) is 16.4 Å². The number of hydrogen-bond donors (Lipinski definition) is 1. The minimum absolute atomic E-state index is 0.0614. The monoisotopic (exact) mass is 381 g/mol. The molecule has 0 heterocycles. The van der Waals surface area contributed by atoms with E-state index in [1.165, 1.54) is 13.0 Å². The minimum Gasteiger partial charge on any atom is -0.309 e. The Kier molecular flexibility index (Phi) is 9.39. The number of nitro groups is 1. The molecule has 2 amide bonds. The number of anilines is 1. The van der Waals surface area contributed by atoms with Gasteiger partial charge in [-0.25, -0.2) is 10.1 Å². The summed E-state index contributed by atoms with van der Waals surface area (Å²) in [6.45, 7) is 7.58. The molecule has 0 aromatic heterocycles. The zero-order valence-corrected chi connectivity index (χ0v) is 15.9. The van der Waals surface area contributed by atoms with Gasteiger partial charge in [0.15, 0.2) is 5.03 Å². The second-order valence-electron chi connectivity index (χ2n) is 5.56. The molecule has 146 valence electrons. The summed E-state index contributed by atoms with van der Waals surface area (Å²) in [4.78, 5) is 34.2. The van der Waals surface area contributed by atoms with Crippen LogP contribution in [0.1, 0.15) is 19.4 Å². The first kappa shape index (κ1) is 22.3. The zero-order valence-electron chi connectivity index (χ0n) is 15.9. The molecule has 0 saturated carbocycles. The topological polar surface area (TPSA) is 92.6 Å². The van der Waals surface area contributed by atoms with Crippen molar-refractivity contribution in [3.8, 4) is 0 Å². The van der Waals surface area contributed by atoms with Gasteiger partial charge in [0.25, 0.3) is 0 Å². The van der Waals surface area contributed by atoms with Gasteiger partial charge in [-0.05, 0) is 43.7 Å². The van der Waals surface area contributed by atoms with E-state index in [4.69, 9.17) is 0 Å². The van der Waals surface area contributed by atoms with Gasteiger partial charge in [-0.1, -0.05) is 60.5 Å². The van der Waals surface area contributed by atoms with E-state index in [-0.39, 0.29) is 11.5 Å². The van der Waals surface area contributed by atoms with E-state index in [0.29, 0.717) is 6.54 Å². The second kappa shape index (κ2) is 11.8. The Hall–Kier alpha value is -3.74. The van der Waals surface area contributed by atoms with E-state index in [2.05, 4.69) is 6.58 Å². The first-order valence-electron chi connectivity index (χ1n) is 8.56. The summed E-state index contributed by atoms with van der Waals surface area (Å²) in [5.41, 5.74) is 3.61. The predicted molar refractivity (Wildman–Crippen MR) is 110 cm³/mol. The molecule has 0 fully saturated rings. The number of para-hydroxylation sites is 1. The fourth-order valence-corrected chi connectivity index (χ4v) is 2.22. The summed E-state index contributed by atoms with van der Waals surface area (Å²) in [7, 11) is 0. The molecule has 7 heteroatoms. The molecule has 2 aromatic carbocycles. The minimum atomic E-state index is -0.870. The van der Waals surface area contributed by atoms with Gasteiger partial charge in [0.05, 0.1) is 0 Å². The van der Waals surface area contributed by atoms with E-state index >= 15 is 0 Å². The van der Waals surface area contributed by atoms with Crippen molar-refractivity contribution < 1.29 is 14.6 Å². The van der Waals surface area contributed by atoms with Crippen LogP contribution in [0.4, 0.5) is 5.69 Å². The molecule has 0 aliphatic carbocycles. The van der Waals surface area contributed by atoms with Crippen molar-refractivity contribution in [1.29, 1.82) is 0 Å². The number of nitrogens with zero attached hydrogens (tertiary/aromatic N) is 2. The highest BCUT2D eigenvalue weighted by Crippen LogP contribution is 2.12. The van der Waals surface area contributed by atoms with Crippen molar-refractivity contribution in [3.05, 3.63) is 94.6 Å². The number of rotatable bonds is 6. The molecule has 0 aliphatic heterocycles. The number of nitrogens with one attached hydrogen (secondary N) is 1. The molecular weight excluding hydrogens is 358 g/mol. The van der Waals surface area contributed by atoms with Gasteiger partial charge in [-0.3, -0.25) is 9.59 Å². The van der Waals surface area contributed by atoms with Crippen molar-refractivity contribution >= 4 is 23.6 Å². The standard InChI is InChI=1S/C11H13NO.C10H10N2O3/c1-3-11(13)12(4-2)10-8-6-5-7-9-10;1-8(10(13)11-12(14)15)7-9-5-3-2-4-6-9/h3,5-9H,1,4H2,2H3;2-7H,1H3,(H,11,13). The van der Waals surface area contributed by atoms with Gasteiger partial charge < -0.3 is 4.90 Å². The van der Waals surface area contributed by atoms with Crippen LogP contribution in [0.15, 0.2) is 78.9 Å². The van der Waals surface area contributed by atoms with Gasteiger partial charge in [0.1, 0.15) is 0 Å². The molecule has 7 nitrogen and oxygen atoms in total. The van der Waals surface area contributed by atoms with Crippen molar-refractivity contribution in [2.24, 2.45) is 0 Å². The molecule has 0 atom stereocenters. The predicted octanol–water partition coefficient (Wildman–Crippen LogP) is 3.62. The fourth-order valence-electron chi connectivity index (χ4n) is 2.22. The third kappa shape index (κ3) is 7.65. The Balaban J connectivity index is 0.000000283. The van der Waals surface area contributed by atoms with Crippen LogP contribution in [0.25, 0.3) is 6.08 Å². The van der Waals surface area contributed by atoms with Gasteiger partial charge >= 0.3 is 5.91 Å². The summed E-state index contributed by atoms with van der Waals surface area (Å²) in [5, 5.41) is 9.14. The highest BCUT2D eigenvalue weighted by Gasteiger charge is 2.09. The summed E-state index contributed by atoms with van der Waals surface area (Å²) >= 11 is 0. The molecule has 0 radical (unpaired) electrons. The quantitative estimate of drug-likeness (QED) is 0.470. The highest BCUT2D eigenvalue weighted by molar-refractivity contribution is 6.00. The molecule has 1 N–H and O–H groups in total. The number of hydrogen-bond acceptors (Lipinski definition) is 4. The number of benzene rings is 2. The van der Waals surface area contributed by atoms with Gasteiger partial charge in [0.2, 0.25) is 5.91 Å². The summed E-state index contributed by atoms with van der Waals surface area (Å²) in [6, 6.07) is 18.7. The van der Waals surface area contributed by atoms with E-state index < -0.39 is 10.9 Å². The zero-order chi connectivity index (χ0) is 20.9. The van der Waals surface area contributed by atoms with Gasteiger partial charge in [-0.15, -0.1) is 0 Å². The third-order valence-electron chi connectivity index (χ3n) is 3.56. The average molecular weight is 381 g/mol. The first-order valence-corrected chi connectivity index (χ1v) is 8.56. The van der Waals surface area contributed by atoms with Crippen LogP contribution in [0.3, 0.4) is 0 Å². The molecule has 2 aromatic rings. The van der Waals surface area contributed by atoms with E-state index in [9.17, 15) is 19.7 Å². The van der Waals surface area contributed by atoms with Crippen LogP contribution in [-0.2, 0) is 9.59 Å². The van der Waals surface area contributed by atoms with Gasteiger partial charge in [-0.2, -0.15) is 0 Å². The van der Waals surface area contributed by atoms with Crippen LogP contribution in [0.5, 0.6) is 0 Å². The lowest BCUT2D eigenvalue weighted by atomic mass is 10.1. The molecule has 28 heavy (non-hydrogen) atoms. The highest BCUT2D eigenvalue weighted by atomic mass is 16.7. The molecule has 0 aliphatic rings. The summed E-state index contributed by atoms with van der Waals surface area (Å²) in [6.07, 6.45) is 2.91. The number of hydrazine groups is 1. The molecule has 0 spiro atoms. The van der Waals surface area contributed by atoms with Crippen LogP contribution >= 0.6 is 0 Å². The smallest absolute Gasteiger partial charge is 0.306 e. The average Bonchev–Trinajstić information content (AvgIpc) is 2.70. The van der Waals surface area contributed by atoms with Crippen LogP contribution < -0.4 is 10.3 Å². The maximum Gasteiger partial charge on any atom is 0.306 e. The number of carbonyl (C=O) groups is 2. The van der Waals surface area contributed by atoms with Crippen molar-refractivity contribution in [2.75, 3.05) is 11.4 Å². The van der Waals surface area contributed by atoms with E-state index in [1.807, 2.05) is 67.6 Å². The SMILES string of the molecule is C=CC(=O)N(CC)c1ccccc1.CC(=Cc1ccccc1)C(=O)N[N+](=O)[O-]. The van der Waals surface area contributed by atoms with Crippen LogP contribution in [-0.4, -0.2) is 23.4 Å². The van der Waals surface area contributed by atoms with Crippen molar-refractivity contribution in [2.45, 2.75) is 13.8 Å². The summed E-state index contributed by atoms with van der Waals surface area (Å²) in [5.74, 6) is -0.766. The van der Waals surface area contributed by atoms with Crippen LogP contribution in [0.2, 0.25) is 0 Å². The first-order chi connectivity index (χ1) is 13.4. The largest absolute Gasteiger partial charge is 0.309 e. The molecule has 0 saturated heterocycles. The van der Waals surface area contributed by atoms with Crippen LogP contribution in [0, 0.1) is 10.1 Å². The van der Waals surface area contributed by atoms with E-state index in [0.717, 1.165) is 11.3 Å². The Morgan fingerprint density at radius 1 is 1.11 bits per heavy atom. The lowest BCUT2D eigenvalue weighted by molar-refractivity contribution is -0.529. The van der Waals surface area contributed by atoms with Crippen molar-refractivity contribution in [1.82, 2.24) is 5.43 Å². The fraction of sp³-hybridized carbons (Fsp3) is 0.143. The molecule has 0 unspecified atom stereocenters. The number of carbonyl (C=O) groups excluding carboxylic acids is 2. The lowest BCUT2D eigenvalue weighted by Crippen LogP contribution is -2.29. The molecule has 2 rings (SSSR count). The van der Waals surface area contributed by atoms with Crippen molar-refractivity contribution in [3.63, 3.8) is 0 Å². The maximum atomic E-state index is 11.4. The number of likely N-dealkylation sites (N-methyl/N-ethyl adjacent to an activating group) is 1. The molecular formula is C21H23N3O4. The maximum absolute atomic E-state index is 11.4. The Morgan fingerprint density at radius 3 is 2.11 bits per heavy atom.